The Hall–Kier alpha value is -2.54. The van der Waals surface area contributed by atoms with Crippen LogP contribution in [-0.4, -0.2) is 15.0 Å². The highest BCUT2D eigenvalue weighted by Gasteiger charge is 2.22. The van der Waals surface area contributed by atoms with Crippen LogP contribution in [0.1, 0.15) is 23.0 Å². The number of nitrogens with one attached hydrogen (secondary N) is 2. The van der Waals surface area contributed by atoms with Crippen molar-refractivity contribution in [3.63, 3.8) is 0 Å². The Labute approximate surface area is 104 Å². The molecule has 18 heavy (non-hydrogen) atoms. The Morgan fingerprint density at radius 2 is 2.17 bits per heavy atom. The Morgan fingerprint density at radius 1 is 1.33 bits per heavy atom. The second-order valence-corrected chi connectivity index (χ2v) is 4.25. The first kappa shape index (κ1) is 10.6. The van der Waals surface area contributed by atoms with Gasteiger partial charge in [-0.25, -0.2) is 4.98 Å². The van der Waals surface area contributed by atoms with Gasteiger partial charge in [-0.1, -0.05) is 18.2 Å². The summed E-state index contributed by atoms with van der Waals surface area (Å²) < 4.78 is 0. The molecule has 1 aromatic carbocycles. The number of H-pyrrole nitrogens is 2. The predicted molar refractivity (Wildman–Crippen MR) is 69.1 cm³/mol. The van der Waals surface area contributed by atoms with Gasteiger partial charge in [0.2, 0.25) is 0 Å². The molecule has 2 N–H and O–H groups in total. The molecule has 0 amide bonds. The monoisotopic (exact) mass is 236 g/mol. The van der Waals surface area contributed by atoms with Gasteiger partial charge in [0.15, 0.2) is 0 Å². The lowest BCUT2D eigenvalue weighted by Crippen LogP contribution is -2.01. The third-order valence-electron chi connectivity index (χ3n) is 3.15. The molecule has 0 saturated heterocycles. The van der Waals surface area contributed by atoms with Gasteiger partial charge in [-0.15, -0.1) is 0 Å². The highest BCUT2D eigenvalue weighted by molar-refractivity contribution is 5.86. The van der Waals surface area contributed by atoms with Crippen molar-refractivity contribution >= 4 is 10.9 Å². The Morgan fingerprint density at radius 3 is 2.89 bits per heavy atom. The number of imidazole rings is 1. The fourth-order valence-corrected chi connectivity index (χ4v) is 2.37. The summed E-state index contributed by atoms with van der Waals surface area (Å²) in [7, 11) is 0. The topological polar surface area (TPSA) is 68.3 Å². The van der Waals surface area contributed by atoms with Crippen molar-refractivity contribution in [1.82, 2.24) is 15.0 Å². The molecule has 0 radical (unpaired) electrons. The molecule has 0 aliphatic rings. The van der Waals surface area contributed by atoms with Gasteiger partial charge in [-0.05, 0) is 13.0 Å². The zero-order chi connectivity index (χ0) is 12.5. The maximum Gasteiger partial charge on any atom is 0.131 e. The summed E-state index contributed by atoms with van der Waals surface area (Å²) in [4.78, 5) is 10.5. The fourth-order valence-electron chi connectivity index (χ4n) is 2.37. The Kier molecular flexibility index (Phi) is 2.38. The summed E-state index contributed by atoms with van der Waals surface area (Å²) in [5.41, 5.74) is 3.07. The number of nitrogens with zero attached hydrogens (tertiary/aromatic N) is 2. The molecule has 0 aliphatic heterocycles. The molecule has 0 fully saturated rings. The smallest absolute Gasteiger partial charge is 0.131 e. The SMILES string of the molecule is Cc1[nH]c2ccccc2c1C(C#N)c1ncc[nH]1. The van der Waals surface area contributed by atoms with Gasteiger partial charge in [0.1, 0.15) is 11.7 Å². The normalized spacial score (nSPS) is 12.4. The molecule has 0 aliphatic carbocycles. The van der Waals surface area contributed by atoms with E-state index in [1.807, 2.05) is 31.2 Å². The second kappa shape index (κ2) is 4.04. The molecular weight excluding hydrogens is 224 g/mol. The van der Waals surface area contributed by atoms with Crippen LogP contribution in [0.4, 0.5) is 0 Å². The average molecular weight is 236 g/mol. The number of nitriles is 1. The zero-order valence-electron chi connectivity index (χ0n) is 9.94. The van der Waals surface area contributed by atoms with Gasteiger partial charge in [-0.2, -0.15) is 5.26 Å². The molecule has 2 aromatic heterocycles. The van der Waals surface area contributed by atoms with Gasteiger partial charge in [0.05, 0.1) is 6.07 Å². The largest absolute Gasteiger partial charge is 0.358 e. The highest BCUT2D eigenvalue weighted by Crippen LogP contribution is 2.31. The van der Waals surface area contributed by atoms with Gasteiger partial charge in [0, 0.05) is 34.6 Å². The van der Waals surface area contributed by atoms with E-state index >= 15 is 0 Å². The minimum Gasteiger partial charge on any atom is -0.358 e. The fraction of sp³-hybridized carbons (Fsp3) is 0.143. The standard InChI is InChI=1S/C14H12N4/c1-9-13(10-4-2-3-5-12(10)18-9)11(8-15)14-16-6-7-17-14/h2-7,11,18H,1H3,(H,16,17). The van der Waals surface area contributed by atoms with Crippen LogP contribution < -0.4 is 0 Å². The lowest BCUT2D eigenvalue weighted by Gasteiger charge is -2.06. The maximum absolute atomic E-state index is 9.43. The number of aromatic nitrogens is 3. The van der Waals surface area contributed by atoms with Crippen molar-refractivity contribution in [2.75, 3.05) is 0 Å². The number of aryl methyl sites for hydroxylation is 1. The van der Waals surface area contributed by atoms with Gasteiger partial charge in [0.25, 0.3) is 0 Å². The first-order chi connectivity index (χ1) is 8.81. The molecule has 4 nitrogen and oxygen atoms in total. The first-order valence-electron chi connectivity index (χ1n) is 5.77. The van der Waals surface area contributed by atoms with Crippen LogP contribution in [-0.2, 0) is 0 Å². The zero-order valence-corrected chi connectivity index (χ0v) is 9.94. The van der Waals surface area contributed by atoms with Gasteiger partial charge >= 0.3 is 0 Å². The molecule has 0 saturated carbocycles. The number of benzene rings is 1. The molecule has 88 valence electrons. The van der Waals surface area contributed by atoms with Crippen LogP contribution in [0.2, 0.25) is 0 Å². The summed E-state index contributed by atoms with van der Waals surface area (Å²) in [6.07, 6.45) is 3.41. The summed E-state index contributed by atoms with van der Waals surface area (Å²) >= 11 is 0. The average Bonchev–Trinajstić information content (AvgIpc) is 2.99. The predicted octanol–water partition coefficient (Wildman–Crippen LogP) is 2.85. The number of rotatable bonds is 2. The quantitative estimate of drug-likeness (QED) is 0.718. The number of hydrogen-bond acceptors (Lipinski definition) is 2. The number of aromatic amines is 2. The van der Waals surface area contributed by atoms with E-state index in [1.54, 1.807) is 12.4 Å². The van der Waals surface area contributed by atoms with E-state index < -0.39 is 0 Å². The lowest BCUT2D eigenvalue weighted by molar-refractivity contribution is 0.923. The van der Waals surface area contributed by atoms with Crippen molar-refractivity contribution in [2.24, 2.45) is 0 Å². The molecule has 1 atom stereocenters. The maximum atomic E-state index is 9.43. The van der Waals surface area contributed by atoms with Crippen LogP contribution >= 0.6 is 0 Å². The molecule has 3 aromatic rings. The molecule has 3 rings (SSSR count). The van der Waals surface area contributed by atoms with Crippen LogP contribution in [0.25, 0.3) is 10.9 Å². The van der Waals surface area contributed by atoms with E-state index in [-0.39, 0.29) is 5.92 Å². The Bertz CT molecular complexity index is 716. The van der Waals surface area contributed by atoms with Crippen LogP contribution in [0, 0.1) is 18.3 Å². The molecule has 2 heterocycles. The number of fused-ring (bicyclic) bond motifs is 1. The first-order valence-corrected chi connectivity index (χ1v) is 5.77. The summed E-state index contributed by atoms with van der Waals surface area (Å²) in [5, 5.41) is 10.5. The summed E-state index contributed by atoms with van der Waals surface area (Å²) in [6.45, 7) is 1.99. The second-order valence-electron chi connectivity index (χ2n) is 4.25. The third kappa shape index (κ3) is 1.49. The summed E-state index contributed by atoms with van der Waals surface area (Å²) in [5.74, 6) is 0.321. The van der Waals surface area contributed by atoms with Crippen molar-refractivity contribution < 1.29 is 0 Å². The molecule has 4 heteroatoms. The minimum absolute atomic E-state index is 0.365. The van der Waals surface area contributed by atoms with Crippen molar-refractivity contribution in [2.45, 2.75) is 12.8 Å². The number of para-hydroxylation sites is 1. The van der Waals surface area contributed by atoms with E-state index in [2.05, 4.69) is 21.0 Å². The molecule has 0 spiro atoms. The summed E-state index contributed by atoms with van der Waals surface area (Å²) in [6, 6.07) is 10.3. The molecule has 0 bridgehead atoms. The van der Waals surface area contributed by atoms with E-state index in [4.69, 9.17) is 0 Å². The Balaban J connectivity index is 2.25. The van der Waals surface area contributed by atoms with Crippen molar-refractivity contribution in [3.8, 4) is 6.07 Å². The molecular formula is C14H12N4. The van der Waals surface area contributed by atoms with E-state index in [0.29, 0.717) is 5.82 Å². The molecule has 1 unspecified atom stereocenters. The number of hydrogen-bond donors (Lipinski definition) is 2. The van der Waals surface area contributed by atoms with Crippen LogP contribution in [0.3, 0.4) is 0 Å². The van der Waals surface area contributed by atoms with Crippen LogP contribution in [0.15, 0.2) is 36.7 Å². The van der Waals surface area contributed by atoms with Crippen LogP contribution in [0.5, 0.6) is 0 Å². The lowest BCUT2D eigenvalue weighted by atomic mass is 9.97. The van der Waals surface area contributed by atoms with E-state index in [9.17, 15) is 5.26 Å². The minimum atomic E-state index is -0.365. The van der Waals surface area contributed by atoms with E-state index in [0.717, 1.165) is 22.2 Å². The highest BCUT2D eigenvalue weighted by atomic mass is 14.9. The van der Waals surface area contributed by atoms with Crippen molar-refractivity contribution in [1.29, 1.82) is 5.26 Å². The van der Waals surface area contributed by atoms with E-state index in [1.165, 1.54) is 0 Å². The third-order valence-corrected chi connectivity index (χ3v) is 3.15. The van der Waals surface area contributed by atoms with Crippen molar-refractivity contribution in [3.05, 3.63) is 53.7 Å². The van der Waals surface area contributed by atoms with Gasteiger partial charge < -0.3 is 9.97 Å². The van der Waals surface area contributed by atoms with Gasteiger partial charge in [-0.3, -0.25) is 0 Å².